The molecule has 1 atom stereocenters. The predicted octanol–water partition coefficient (Wildman–Crippen LogP) is 1.85. The van der Waals surface area contributed by atoms with Crippen LogP contribution in [0.1, 0.15) is 48.8 Å². The van der Waals surface area contributed by atoms with Crippen LogP contribution in [0.25, 0.3) is 0 Å². The van der Waals surface area contributed by atoms with Crippen molar-refractivity contribution in [2.45, 2.75) is 39.2 Å². The monoisotopic (exact) mass is 290 g/mol. The van der Waals surface area contributed by atoms with Gasteiger partial charge < -0.3 is 14.6 Å². The van der Waals surface area contributed by atoms with Gasteiger partial charge in [0.25, 0.3) is 5.91 Å². The van der Waals surface area contributed by atoms with Crippen molar-refractivity contribution in [3.05, 3.63) is 17.0 Å². The summed E-state index contributed by atoms with van der Waals surface area (Å²) in [5.41, 5.74) is -0.761. The number of nitrogens with one attached hydrogen (secondary N) is 1. The highest BCUT2D eigenvalue weighted by atomic mass is 19.1. The zero-order chi connectivity index (χ0) is 15.3. The SMILES string of the molecule is COC(C)(C)CNC(=O)c1noc(COO)c1C(C)F. The fourth-order valence-corrected chi connectivity index (χ4v) is 1.52. The Hall–Kier alpha value is -1.51. The summed E-state index contributed by atoms with van der Waals surface area (Å²) in [7, 11) is 1.52. The molecule has 1 amide bonds. The summed E-state index contributed by atoms with van der Waals surface area (Å²) in [6.45, 7) is 4.66. The lowest BCUT2D eigenvalue weighted by molar-refractivity contribution is -0.256. The molecule has 1 rings (SSSR count). The lowest BCUT2D eigenvalue weighted by Crippen LogP contribution is -2.40. The van der Waals surface area contributed by atoms with Gasteiger partial charge in [-0.15, -0.1) is 0 Å². The van der Waals surface area contributed by atoms with Crippen LogP contribution in [0.15, 0.2) is 4.52 Å². The normalized spacial score (nSPS) is 13.3. The summed E-state index contributed by atoms with van der Waals surface area (Å²) in [6, 6.07) is 0. The number of aromatic nitrogens is 1. The van der Waals surface area contributed by atoms with E-state index >= 15 is 0 Å². The number of rotatable bonds is 7. The number of carbonyl (C=O) groups excluding carboxylic acids is 1. The summed E-state index contributed by atoms with van der Waals surface area (Å²) in [6.07, 6.45) is -1.48. The second kappa shape index (κ2) is 6.78. The lowest BCUT2D eigenvalue weighted by atomic mass is 10.1. The van der Waals surface area contributed by atoms with Gasteiger partial charge in [0.05, 0.1) is 11.2 Å². The van der Waals surface area contributed by atoms with E-state index in [0.717, 1.165) is 0 Å². The van der Waals surface area contributed by atoms with E-state index < -0.39 is 17.7 Å². The fourth-order valence-electron chi connectivity index (χ4n) is 1.52. The maximum atomic E-state index is 13.6. The zero-order valence-electron chi connectivity index (χ0n) is 11.9. The van der Waals surface area contributed by atoms with Crippen molar-refractivity contribution in [1.29, 1.82) is 0 Å². The summed E-state index contributed by atoms with van der Waals surface area (Å²) in [5, 5.41) is 14.5. The number of methoxy groups -OCH3 is 1. The Bertz CT molecular complexity index is 459. The van der Waals surface area contributed by atoms with Gasteiger partial charge in [-0.2, -0.15) is 0 Å². The molecule has 1 unspecified atom stereocenters. The molecule has 7 nitrogen and oxygen atoms in total. The van der Waals surface area contributed by atoms with Crippen molar-refractivity contribution in [3.8, 4) is 0 Å². The van der Waals surface area contributed by atoms with Crippen LogP contribution in [0.5, 0.6) is 0 Å². The van der Waals surface area contributed by atoms with E-state index in [2.05, 4.69) is 15.4 Å². The van der Waals surface area contributed by atoms with Crippen LogP contribution in [0, 0.1) is 0 Å². The largest absolute Gasteiger partial charge is 0.377 e. The standard InChI is InChI=1S/C12H19FN2O5/c1-7(13)9-8(5-19-17)20-15-10(9)11(16)14-6-12(2,3)18-4/h7,17H,5-6H2,1-4H3,(H,14,16). The Labute approximate surface area is 116 Å². The zero-order valence-corrected chi connectivity index (χ0v) is 11.9. The molecule has 8 heteroatoms. The first-order valence-corrected chi connectivity index (χ1v) is 6.04. The van der Waals surface area contributed by atoms with Crippen LogP contribution >= 0.6 is 0 Å². The Morgan fingerprint density at radius 1 is 1.60 bits per heavy atom. The second-order valence-corrected chi connectivity index (χ2v) is 4.90. The lowest BCUT2D eigenvalue weighted by Gasteiger charge is -2.22. The summed E-state index contributed by atoms with van der Waals surface area (Å²) in [4.78, 5) is 15.9. The van der Waals surface area contributed by atoms with E-state index in [-0.39, 0.29) is 30.2 Å². The highest BCUT2D eigenvalue weighted by molar-refractivity contribution is 5.94. The Morgan fingerprint density at radius 3 is 2.75 bits per heavy atom. The van der Waals surface area contributed by atoms with Gasteiger partial charge in [-0.05, 0) is 20.8 Å². The van der Waals surface area contributed by atoms with Crippen LogP contribution < -0.4 is 5.32 Å². The molecule has 0 aliphatic carbocycles. The number of halogens is 1. The summed E-state index contributed by atoms with van der Waals surface area (Å²) >= 11 is 0. The van der Waals surface area contributed by atoms with Crippen molar-refractivity contribution in [1.82, 2.24) is 10.5 Å². The molecule has 0 saturated heterocycles. The highest BCUT2D eigenvalue weighted by Gasteiger charge is 2.27. The van der Waals surface area contributed by atoms with Gasteiger partial charge in [0.1, 0.15) is 12.8 Å². The maximum Gasteiger partial charge on any atom is 0.273 e. The summed E-state index contributed by atoms with van der Waals surface area (Å²) in [5.74, 6) is -0.610. The van der Waals surface area contributed by atoms with Crippen molar-refractivity contribution in [2.24, 2.45) is 0 Å². The number of alkyl halides is 1. The van der Waals surface area contributed by atoms with E-state index in [1.54, 1.807) is 13.8 Å². The molecule has 1 aromatic rings. The third-order valence-corrected chi connectivity index (χ3v) is 2.84. The van der Waals surface area contributed by atoms with Gasteiger partial charge in [-0.1, -0.05) is 5.16 Å². The summed E-state index contributed by atoms with van der Waals surface area (Å²) < 4.78 is 23.5. The van der Waals surface area contributed by atoms with Crippen LogP contribution in [0.4, 0.5) is 4.39 Å². The molecule has 20 heavy (non-hydrogen) atoms. The molecule has 0 saturated carbocycles. The van der Waals surface area contributed by atoms with E-state index in [9.17, 15) is 9.18 Å². The van der Waals surface area contributed by atoms with Crippen molar-refractivity contribution in [2.75, 3.05) is 13.7 Å². The van der Waals surface area contributed by atoms with Crippen LogP contribution in [0.2, 0.25) is 0 Å². The first-order valence-electron chi connectivity index (χ1n) is 6.04. The van der Waals surface area contributed by atoms with Crippen molar-refractivity contribution in [3.63, 3.8) is 0 Å². The Balaban J connectivity index is 2.88. The number of carbonyl (C=O) groups is 1. The van der Waals surface area contributed by atoms with E-state index in [4.69, 9.17) is 14.5 Å². The van der Waals surface area contributed by atoms with Gasteiger partial charge in [0, 0.05) is 13.7 Å². The molecule has 114 valence electrons. The number of amides is 1. The quantitative estimate of drug-likeness (QED) is 0.588. The maximum absolute atomic E-state index is 13.6. The van der Waals surface area contributed by atoms with E-state index in [0.29, 0.717) is 0 Å². The third-order valence-electron chi connectivity index (χ3n) is 2.84. The van der Waals surface area contributed by atoms with Gasteiger partial charge >= 0.3 is 0 Å². The minimum Gasteiger partial charge on any atom is -0.377 e. The Morgan fingerprint density at radius 2 is 2.25 bits per heavy atom. The molecule has 0 fully saturated rings. The molecule has 0 aliphatic heterocycles. The van der Waals surface area contributed by atoms with Crippen LogP contribution in [-0.4, -0.2) is 35.6 Å². The molecule has 0 radical (unpaired) electrons. The minimum absolute atomic E-state index is 0.0290. The Kier molecular flexibility index (Phi) is 5.61. The van der Waals surface area contributed by atoms with Crippen molar-refractivity contribution < 1.29 is 28.6 Å². The molecule has 0 spiro atoms. The fraction of sp³-hybridized carbons (Fsp3) is 0.667. The third kappa shape index (κ3) is 3.99. The smallest absolute Gasteiger partial charge is 0.273 e. The number of hydrogen-bond donors (Lipinski definition) is 2. The topological polar surface area (TPSA) is 93.8 Å². The highest BCUT2D eigenvalue weighted by Crippen LogP contribution is 2.25. The molecule has 0 bridgehead atoms. The van der Waals surface area contributed by atoms with Gasteiger partial charge in [-0.3, -0.25) is 10.1 Å². The number of hydrogen-bond acceptors (Lipinski definition) is 6. The predicted molar refractivity (Wildman–Crippen MR) is 66.9 cm³/mol. The molecule has 0 aliphatic rings. The average molecular weight is 290 g/mol. The van der Waals surface area contributed by atoms with Gasteiger partial charge in [-0.25, -0.2) is 9.28 Å². The molecule has 1 heterocycles. The first-order chi connectivity index (χ1) is 9.32. The van der Waals surface area contributed by atoms with Crippen LogP contribution in [-0.2, 0) is 16.2 Å². The van der Waals surface area contributed by atoms with E-state index in [1.165, 1.54) is 14.0 Å². The second-order valence-electron chi connectivity index (χ2n) is 4.90. The minimum atomic E-state index is -1.48. The van der Waals surface area contributed by atoms with Crippen molar-refractivity contribution >= 4 is 5.91 Å². The first kappa shape index (κ1) is 16.5. The molecular weight excluding hydrogens is 271 g/mol. The van der Waals surface area contributed by atoms with Gasteiger partial charge in [0.2, 0.25) is 0 Å². The van der Waals surface area contributed by atoms with E-state index in [1.807, 2.05) is 0 Å². The molecule has 2 N–H and O–H groups in total. The average Bonchev–Trinajstić information content (AvgIpc) is 2.80. The number of nitrogens with zero attached hydrogens (tertiary/aromatic N) is 1. The molecule has 0 aromatic carbocycles. The van der Waals surface area contributed by atoms with Crippen LogP contribution in [0.3, 0.4) is 0 Å². The molecule has 1 aromatic heterocycles. The molecular formula is C12H19FN2O5. The van der Waals surface area contributed by atoms with Gasteiger partial charge in [0.15, 0.2) is 11.5 Å². The number of ether oxygens (including phenoxy) is 1.